The molecule has 0 radical (unpaired) electrons. The summed E-state index contributed by atoms with van der Waals surface area (Å²) in [6, 6.07) is 4.14. The molecule has 0 bridgehead atoms. The highest BCUT2D eigenvalue weighted by Gasteiger charge is 2.19. The molecule has 3 N–H and O–H groups in total. The van der Waals surface area contributed by atoms with Crippen LogP contribution in [0.25, 0.3) is 0 Å². The van der Waals surface area contributed by atoms with E-state index in [0.717, 1.165) is 31.9 Å². The minimum atomic E-state index is 0.0720. The predicted molar refractivity (Wildman–Crippen MR) is 69.0 cm³/mol. The minimum Gasteiger partial charge on any atom is -0.409 e. The van der Waals surface area contributed by atoms with Gasteiger partial charge in [-0.25, -0.2) is 4.98 Å². The van der Waals surface area contributed by atoms with E-state index in [1.807, 2.05) is 13.1 Å². The zero-order chi connectivity index (χ0) is 13.0. The van der Waals surface area contributed by atoms with Gasteiger partial charge in [-0.2, -0.15) is 0 Å². The fraction of sp³-hybridized carbons (Fsp3) is 0.500. The van der Waals surface area contributed by atoms with Crippen LogP contribution in [0.1, 0.15) is 18.4 Å². The molecule has 1 aromatic heterocycles. The molecule has 6 heteroatoms. The van der Waals surface area contributed by atoms with Crippen molar-refractivity contribution < 1.29 is 9.94 Å². The van der Waals surface area contributed by atoms with E-state index < -0.39 is 0 Å². The molecule has 1 aliphatic heterocycles. The summed E-state index contributed by atoms with van der Waals surface area (Å²) < 4.78 is 5.34. The third-order valence-electron chi connectivity index (χ3n) is 3.25. The first-order valence-corrected chi connectivity index (χ1v) is 5.97. The van der Waals surface area contributed by atoms with Gasteiger partial charge in [-0.15, -0.1) is 0 Å². The molecule has 0 amide bonds. The number of nitrogens with zero attached hydrogens (tertiary/aromatic N) is 3. The molecule has 0 unspecified atom stereocenters. The first-order chi connectivity index (χ1) is 8.72. The molecule has 1 aromatic rings. The highest BCUT2D eigenvalue weighted by molar-refractivity contribution is 5.96. The largest absolute Gasteiger partial charge is 0.409 e. The van der Waals surface area contributed by atoms with Crippen molar-refractivity contribution in [3.63, 3.8) is 0 Å². The number of nitrogens with two attached hydrogens (primary N) is 1. The maximum Gasteiger partial charge on any atom is 0.171 e. The molecule has 0 aliphatic carbocycles. The number of hydrogen-bond donors (Lipinski definition) is 2. The Hall–Kier alpha value is -1.82. The second-order valence-electron chi connectivity index (χ2n) is 4.34. The van der Waals surface area contributed by atoms with Crippen LogP contribution < -0.4 is 10.6 Å². The predicted octanol–water partition coefficient (Wildman–Crippen LogP) is 0.791. The fourth-order valence-corrected chi connectivity index (χ4v) is 2.06. The zero-order valence-electron chi connectivity index (χ0n) is 10.4. The summed E-state index contributed by atoms with van der Waals surface area (Å²) in [5.74, 6) is 0.958. The lowest BCUT2D eigenvalue weighted by Gasteiger charge is -2.32. The van der Waals surface area contributed by atoms with E-state index in [2.05, 4.69) is 15.0 Å². The molecule has 1 saturated heterocycles. The van der Waals surface area contributed by atoms with Gasteiger partial charge in [0.05, 0.1) is 0 Å². The van der Waals surface area contributed by atoms with Crippen molar-refractivity contribution in [3.05, 3.63) is 23.9 Å². The smallest absolute Gasteiger partial charge is 0.171 e. The number of oxime groups is 1. The summed E-state index contributed by atoms with van der Waals surface area (Å²) in [5, 5.41) is 11.5. The molecule has 2 heterocycles. The Morgan fingerprint density at radius 1 is 1.50 bits per heavy atom. The van der Waals surface area contributed by atoms with Gasteiger partial charge in [0.25, 0.3) is 0 Å². The number of anilines is 1. The monoisotopic (exact) mass is 250 g/mol. The molecule has 18 heavy (non-hydrogen) atoms. The average molecular weight is 250 g/mol. The molecule has 2 rings (SSSR count). The van der Waals surface area contributed by atoms with E-state index in [1.54, 1.807) is 12.3 Å². The first kappa shape index (κ1) is 12.6. The molecular formula is C12H18N4O2. The van der Waals surface area contributed by atoms with Crippen LogP contribution in [0.2, 0.25) is 0 Å². The second-order valence-corrected chi connectivity index (χ2v) is 4.34. The van der Waals surface area contributed by atoms with Crippen LogP contribution in [-0.2, 0) is 4.74 Å². The van der Waals surface area contributed by atoms with Crippen molar-refractivity contribution in [2.45, 2.75) is 18.9 Å². The lowest BCUT2D eigenvalue weighted by Crippen LogP contribution is -2.37. The summed E-state index contributed by atoms with van der Waals surface area (Å²) in [6.45, 7) is 1.61. The summed E-state index contributed by atoms with van der Waals surface area (Å²) in [4.78, 5) is 6.49. The summed E-state index contributed by atoms with van der Waals surface area (Å²) in [6.07, 6.45) is 3.64. The summed E-state index contributed by atoms with van der Waals surface area (Å²) in [5.41, 5.74) is 6.11. The van der Waals surface area contributed by atoms with Gasteiger partial charge < -0.3 is 20.6 Å². The number of ether oxygens (including phenoxy) is 1. The molecule has 1 fully saturated rings. The van der Waals surface area contributed by atoms with Crippen molar-refractivity contribution in [1.82, 2.24) is 4.98 Å². The van der Waals surface area contributed by atoms with Crippen LogP contribution in [0.3, 0.4) is 0 Å². The summed E-state index contributed by atoms with van der Waals surface area (Å²) in [7, 11) is 2.03. The molecule has 98 valence electrons. The Balaban J connectivity index is 2.08. The van der Waals surface area contributed by atoms with Gasteiger partial charge in [0.1, 0.15) is 5.82 Å². The van der Waals surface area contributed by atoms with Gasteiger partial charge >= 0.3 is 0 Å². The van der Waals surface area contributed by atoms with Crippen LogP contribution >= 0.6 is 0 Å². The normalized spacial score (nSPS) is 17.7. The maximum absolute atomic E-state index is 8.58. The molecule has 0 aromatic carbocycles. The quantitative estimate of drug-likeness (QED) is 0.358. The van der Waals surface area contributed by atoms with E-state index in [0.29, 0.717) is 11.6 Å². The van der Waals surface area contributed by atoms with Gasteiger partial charge in [-0.05, 0) is 25.0 Å². The van der Waals surface area contributed by atoms with E-state index >= 15 is 0 Å². The third kappa shape index (κ3) is 2.70. The van der Waals surface area contributed by atoms with Crippen molar-refractivity contribution in [3.8, 4) is 0 Å². The third-order valence-corrected chi connectivity index (χ3v) is 3.25. The van der Waals surface area contributed by atoms with Crippen molar-refractivity contribution in [2.24, 2.45) is 10.9 Å². The van der Waals surface area contributed by atoms with Crippen molar-refractivity contribution in [2.75, 3.05) is 25.2 Å². The SMILES string of the molecule is CN(c1ccc(/C(N)=N/O)cn1)C1CCOCC1. The van der Waals surface area contributed by atoms with E-state index in [4.69, 9.17) is 15.7 Å². The summed E-state index contributed by atoms with van der Waals surface area (Å²) >= 11 is 0. The standard InChI is InChI=1S/C12H18N4O2/c1-16(10-4-6-18-7-5-10)11-3-2-9(8-14-11)12(13)15-17/h2-3,8,10,17H,4-7H2,1H3,(H2,13,15). The highest BCUT2D eigenvalue weighted by atomic mass is 16.5. The zero-order valence-corrected chi connectivity index (χ0v) is 10.4. The van der Waals surface area contributed by atoms with Crippen molar-refractivity contribution in [1.29, 1.82) is 0 Å². The first-order valence-electron chi connectivity index (χ1n) is 5.97. The highest BCUT2D eigenvalue weighted by Crippen LogP contribution is 2.19. The van der Waals surface area contributed by atoms with Gasteiger partial charge in [0, 0.05) is 38.1 Å². The van der Waals surface area contributed by atoms with Crippen LogP contribution in [0, 0.1) is 0 Å². The van der Waals surface area contributed by atoms with E-state index in [-0.39, 0.29) is 5.84 Å². The number of rotatable bonds is 3. The lowest BCUT2D eigenvalue weighted by atomic mass is 10.1. The van der Waals surface area contributed by atoms with Gasteiger partial charge in [0.2, 0.25) is 0 Å². The van der Waals surface area contributed by atoms with Crippen LogP contribution in [-0.4, -0.2) is 42.3 Å². The molecular weight excluding hydrogens is 232 g/mol. The number of aromatic nitrogens is 1. The Kier molecular flexibility index (Phi) is 3.99. The van der Waals surface area contributed by atoms with Crippen LogP contribution in [0.4, 0.5) is 5.82 Å². The number of pyridine rings is 1. The van der Waals surface area contributed by atoms with E-state index in [1.165, 1.54) is 0 Å². The van der Waals surface area contributed by atoms with Gasteiger partial charge in [-0.1, -0.05) is 5.16 Å². The molecule has 1 aliphatic rings. The van der Waals surface area contributed by atoms with Gasteiger partial charge in [-0.3, -0.25) is 0 Å². The van der Waals surface area contributed by atoms with E-state index in [9.17, 15) is 0 Å². The second kappa shape index (κ2) is 5.68. The maximum atomic E-state index is 8.58. The Bertz CT molecular complexity index is 413. The van der Waals surface area contributed by atoms with Crippen LogP contribution in [0.5, 0.6) is 0 Å². The Labute approximate surface area is 106 Å². The lowest BCUT2D eigenvalue weighted by molar-refractivity contribution is 0.0853. The van der Waals surface area contributed by atoms with Crippen LogP contribution in [0.15, 0.2) is 23.5 Å². The average Bonchev–Trinajstić information content (AvgIpc) is 2.47. The van der Waals surface area contributed by atoms with Crippen molar-refractivity contribution >= 4 is 11.7 Å². The molecule has 0 atom stereocenters. The number of hydrogen-bond acceptors (Lipinski definition) is 5. The molecule has 0 saturated carbocycles. The topological polar surface area (TPSA) is 84.0 Å². The number of amidine groups is 1. The fourth-order valence-electron chi connectivity index (χ4n) is 2.06. The van der Waals surface area contributed by atoms with Gasteiger partial charge in [0.15, 0.2) is 5.84 Å². The molecule has 6 nitrogen and oxygen atoms in total. The Morgan fingerprint density at radius 2 is 2.22 bits per heavy atom. The Morgan fingerprint density at radius 3 is 2.78 bits per heavy atom. The minimum absolute atomic E-state index is 0.0720. The molecule has 0 spiro atoms.